The first-order valence-electron chi connectivity index (χ1n) is 7.77. The molecule has 0 aromatic carbocycles. The van der Waals surface area contributed by atoms with E-state index in [0.29, 0.717) is 17.7 Å². The Labute approximate surface area is 143 Å². The monoisotopic (exact) mass is 362 g/mol. The maximum atomic E-state index is 12.5. The number of carbonyl (C=O) groups is 2. The second-order valence-electron chi connectivity index (χ2n) is 5.46. The zero-order chi connectivity index (χ0) is 18.9. The van der Waals surface area contributed by atoms with Gasteiger partial charge in [-0.1, -0.05) is 26.2 Å². The molecule has 25 heavy (non-hydrogen) atoms. The Morgan fingerprint density at radius 1 is 1.40 bits per heavy atom. The molecule has 0 aliphatic carbocycles. The highest BCUT2D eigenvalue weighted by Crippen LogP contribution is 2.28. The Balaban J connectivity index is 2.61. The van der Waals surface area contributed by atoms with Crippen molar-refractivity contribution in [1.29, 1.82) is 0 Å². The number of amides is 2. The molecule has 1 rings (SSSR count). The lowest BCUT2D eigenvalue weighted by Gasteiger charge is -2.20. The molecule has 10 heteroatoms. The van der Waals surface area contributed by atoms with E-state index in [2.05, 4.69) is 15.8 Å². The fourth-order valence-corrected chi connectivity index (χ4v) is 2.08. The number of nitrogens with one attached hydrogen (secondary N) is 2. The summed E-state index contributed by atoms with van der Waals surface area (Å²) >= 11 is 0. The molecule has 0 radical (unpaired) electrons. The average molecular weight is 362 g/mol. The number of hydrazine groups is 1. The summed E-state index contributed by atoms with van der Waals surface area (Å²) in [6.07, 6.45) is -0.617. The Morgan fingerprint density at radius 2 is 2.12 bits per heavy atom. The zero-order valence-electron chi connectivity index (χ0n) is 13.7. The Morgan fingerprint density at radius 3 is 2.64 bits per heavy atom. The Kier molecular flexibility index (Phi) is 8.12. The molecule has 1 heterocycles. The van der Waals surface area contributed by atoms with Gasteiger partial charge >= 0.3 is 6.18 Å². The van der Waals surface area contributed by atoms with Crippen LogP contribution in [0.4, 0.5) is 19.0 Å². The van der Waals surface area contributed by atoms with Crippen molar-refractivity contribution >= 4 is 18.1 Å². The maximum absolute atomic E-state index is 12.5. The molecule has 2 amide bonds. The third-order valence-corrected chi connectivity index (χ3v) is 3.46. The molecule has 7 nitrogen and oxygen atoms in total. The smallest absolute Gasteiger partial charge is 0.286 e. The van der Waals surface area contributed by atoms with E-state index in [1.807, 2.05) is 6.92 Å². The fourth-order valence-electron chi connectivity index (χ4n) is 2.08. The van der Waals surface area contributed by atoms with Crippen molar-refractivity contribution in [2.75, 3.05) is 12.0 Å². The lowest BCUT2D eigenvalue weighted by molar-refractivity contribution is -0.154. The number of hydroxylamine groups is 2. The largest absolute Gasteiger partial charge is 0.417 e. The quantitative estimate of drug-likeness (QED) is 0.257. The molecule has 140 valence electrons. The lowest BCUT2D eigenvalue weighted by Crippen LogP contribution is -2.40. The number of alkyl halides is 3. The van der Waals surface area contributed by atoms with Gasteiger partial charge in [0, 0.05) is 6.20 Å². The van der Waals surface area contributed by atoms with Crippen LogP contribution in [0, 0.1) is 5.92 Å². The van der Waals surface area contributed by atoms with Crippen LogP contribution in [-0.2, 0) is 15.8 Å². The van der Waals surface area contributed by atoms with Crippen molar-refractivity contribution in [1.82, 2.24) is 15.5 Å². The summed E-state index contributed by atoms with van der Waals surface area (Å²) in [5.74, 6) is -1.13. The number of hydrogen-bond acceptors (Lipinski definition) is 5. The van der Waals surface area contributed by atoms with Crippen LogP contribution < -0.4 is 10.9 Å². The number of halogens is 3. The summed E-state index contributed by atoms with van der Waals surface area (Å²) in [5.41, 5.74) is 3.85. The van der Waals surface area contributed by atoms with Gasteiger partial charge < -0.3 is 0 Å². The molecule has 1 aromatic heterocycles. The van der Waals surface area contributed by atoms with Crippen LogP contribution in [0.5, 0.6) is 0 Å². The molecule has 0 fully saturated rings. The first-order valence-corrected chi connectivity index (χ1v) is 7.77. The van der Waals surface area contributed by atoms with Crippen molar-refractivity contribution in [3.05, 3.63) is 23.9 Å². The number of unbranched alkanes of at least 4 members (excludes halogenated alkanes) is 2. The van der Waals surface area contributed by atoms with E-state index in [-0.39, 0.29) is 18.8 Å². The third-order valence-electron chi connectivity index (χ3n) is 3.46. The Hall–Kier alpha value is -2.36. The number of nitrogens with zero attached hydrogens (tertiary/aromatic N) is 2. The van der Waals surface area contributed by atoms with Gasteiger partial charge in [-0.3, -0.25) is 25.6 Å². The predicted molar refractivity (Wildman–Crippen MR) is 83.2 cm³/mol. The molecule has 1 aromatic rings. The first kappa shape index (κ1) is 20.7. The van der Waals surface area contributed by atoms with Gasteiger partial charge in [-0.2, -0.15) is 13.2 Å². The summed E-state index contributed by atoms with van der Waals surface area (Å²) in [7, 11) is 0. The standard InChI is InChI=1S/C15H21F3N4O3/c1-2-3-4-5-11(9-22(25)10-23)14(24)21-20-13-7-6-12(8-19-13)15(16,17)18/h6-8,10-11,25H,2-5,9H2,1H3,(H,19,20)(H,21,24)/t11-/m0/s1. The second-order valence-corrected chi connectivity index (χ2v) is 5.46. The van der Waals surface area contributed by atoms with Crippen LogP contribution in [0.1, 0.15) is 38.2 Å². The molecule has 0 aliphatic rings. The molecule has 0 spiro atoms. The van der Waals surface area contributed by atoms with Gasteiger partial charge in [-0.25, -0.2) is 10.0 Å². The van der Waals surface area contributed by atoms with E-state index >= 15 is 0 Å². The van der Waals surface area contributed by atoms with Gasteiger partial charge in [-0.15, -0.1) is 0 Å². The van der Waals surface area contributed by atoms with Crippen molar-refractivity contribution < 1.29 is 28.0 Å². The van der Waals surface area contributed by atoms with Crippen molar-refractivity contribution in [2.24, 2.45) is 5.92 Å². The van der Waals surface area contributed by atoms with E-state index < -0.39 is 23.6 Å². The highest BCUT2D eigenvalue weighted by molar-refractivity contribution is 5.80. The maximum Gasteiger partial charge on any atom is 0.417 e. The summed E-state index contributed by atoms with van der Waals surface area (Å²) in [5, 5.41) is 9.65. The van der Waals surface area contributed by atoms with E-state index in [0.717, 1.165) is 31.4 Å². The molecular weight excluding hydrogens is 341 g/mol. The van der Waals surface area contributed by atoms with E-state index in [1.54, 1.807) is 0 Å². The van der Waals surface area contributed by atoms with Gasteiger partial charge in [-0.05, 0) is 18.6 Å². The normalized spacial score (nSPS) is 12.4. The second kappa shape index (κ2) is 9.82. The van der Waals surface area contributed by atoms with Crippen molar-refractivity contribution in [3.8, 4) is 0 Å². The highest BCUT2D eigenvalue weighted by Gasteiger charge is 2.30. The minimum Gasteiger partial charge on any atom is -0.286 e. The number of carbonyl (C=O) groups excluding carboxylic acids is 2. The molecule has 0 unspecified atom stereocenters. The van der Waals surface area contributed by atoms with Gasteiger partial charge in [0.05, 0.1) is 18.0 Å². The molecular formula is C15H21F3N4O3. The summed E-state index contributed by atoms with van der Waals surface area (Å²) in [6.45, 7) is 1.82. The summed E-state index contributed by atoms with van der Waals surface area (Å²) in [4.78, 5) is 26.2. The van der Waals surface area contributed by atoms with E-state index in [9.17, 15) is 28.0 Å². The van der Waals surface area contributed by atoms with E-state index in [1.165, 1.54) is 0 Å². The number of anilines is 1. The van der Waals surface area contributed by atoms with Crippen LogP contribution in [-0.4, -0.2) is 34.1 Å². The van der Waals surface area contributed by atoms with Crippen LogP contribution in [0.25, 0.3) is 0 Å². The average Bonchev–Trinajstić information content (AvgIpc) is 2.58. The molecule has 0 bridgehead atoms. The van der Waals surface area contributed by atoms with Crippen molar-refractivity contribution in [2.45, 2.75) is 38.8 Å². The highest BCUT2D eigenvalue weighted by atomic mass is 19.4. The number of hydrogen-bond donors (Lipinski definition) is 3. The SMILES string of the molecule is CCCCC[C@@H](CN(O)C=O)C(=O)NNc1ccc(C(F)(F)F)cn1. The van der Waals surface area contributed by atoms with Crippen LogP contribution in [0.2, 0.25) is 0 Å². The summed E-state index contributed by atoms with van der Waals surface area (Å²) in [6, 6.07) is 1.92. The number of rotatable bonds is 10. The third kappa shape index (κ3) is 7.38. The zero-order valence-corrected chi connectivity index (χ0v) is 13.7. The van der Waals surface area contributed by atoms with E-state index in [4.69, 9.17) is 0 Å². The predicted octanol–water partition coefficient (Wildman–Crippen LogP) is 2.59. The number of aromatic nitrogens is 1. The van der Waals surface area contributed by atoms with Gasteiger partial charge in [0.25, 0.3) is 0 Å². The summed E-state index contributed by atoms with van der Waals surface area (Å²) < 4.78 is 37.4. The molecule has 1 atom stereocenters. The van der Waals surface area contributed by atoms with Crippen LogP contribution in [0.15, 0.2) is 18.3 Å². The minimum absolute atomic E-state index is 0.0323. The van der Waals surface area contributed by atoms with Crippen LogP contribution in [0.3, 0.4) is 0 Å². The van der Waals surface area contributed by atoms with Crippen molar-refractivity contribution in [3.63, 3.8) is 0 Å². The van der Waals surface area contributed by atoms with Gasteiger partial charge in [0.2, 0.25) is 12.3 Å². The van der Waals surface area contributed by atoms with Crippen LogP contribution >= 0.6 is 0 Å². The van der Waals surface area contributed by atoms with Gasteiger partial charge in [0.15, 0.2) is 0 Å². The minimum atomic E-state index is -4.49. The van der Waals surface area contributed by atoms with Gasteiger partial charge in [0.1, 0.15) is 5.82 Å². The molecule has 3 N–H and O–H groups in total. The molecule has 0 aliphatic heterocycles. The topological polar surface area (TPSA) is 94.6 Å². The Bertz CT molecular complexity index is 552. The molecule has 0 saturated carbocycles. The molecule has 0 saturated heterocycles. The first-order chi connectivity index (χ1) is 11.8. The number of pyridine rings is 1. The fraction of sp³-hybridized carbons (Fsp3) is 0.533. The lowest BCUT2D eigenvalue weighted by atomic mass is 10.0.